The number of H-pyrrole nitrogens is 1. The third-order valence-electron chi connectivity index (χ3n) is 6.13. The summed E-state index contributed by atoms with van der Waals surface area (Å²) < 4.78 is 10.9. The van der Waals surface area contributed by atoms with Gasteiger partial charge in [0.25, 0.3) is 0 Å². The smallest absolute Gasteiger partial charge is 0.235 e. The van der Waals surface area contributed by atoms with Crippen molar-refractivity contribution >= 4 is 22.5 Å². The predicted molar refractivity (Wildman–Crippen MR) is 116 cm³/mol. The number of carbonyl (C=O) groups excluding carboxylic acids is 1. The molecule has 30 heavy (non-hydrogen) atoms. The summed E-state index contributed by atoms with van der Waals surface area (Å²) in [6, 6.07) is 22.1. The van der Waals surface area contributed by atoms with E-state index >= 15 is 0 Å². The first kappa shape index (κ1) is 17.2. The molecular formula is C25H20N2O3. The molecule has 6 rings (SSSR count). The third-order valence-corrected chi connectivity index (χ3v) is 6.13. The maximum atomic E-state index is 13.2. The molecule has 0 bridgehead atoms. The fourth-order valence-electron chi connectivity index (χ4n) is 4.27. The fraction of sp³-hybridized carbons (Fsp3) is 0.160. The van der Waals surface area contributed by atoms with E-state index in [9.17, 15) is 4.79 Å². The number of aromatic nitrogens is 1. The minimum atomic E-state index is -0.490. The van der Waals surface area contributed by atoms with Gasteiger partial charge in [0.1, 0.15) is 0 Å². The lowest BCUT2D eigenvalue weighted by Crippen LogP contribution is -2.27. The summed E-state index contributed by atoms with van der Waals surface area (Å²) in [7, 11) is 0. The highest BCUT2D eigenvalue weighted by Crippen LogP contribution is 2.51. The van der Waals surface area contributed by atoms with Gasteiger partial charge < -0.3 is 19.8 Å². The SMILES string of the molecule is O=C(Nc1ccc2[nH]cc(-c3ccccc3)c2c1)C1(c2ccc3c(c2)OCO3)CC1. The van der Waals surface area contributed by atoms with Crippen molar-refractivity contribution in [3.8, 4) is 22.6 Å². The summed E-state index contributed by atoms with van der Waals surface area (Å²) in [5, 5.41) is 4.24. The van der Waals surface area contributed by atoms with Crippen LogP contribution in [-0.4, -0.2) is 17.7 Å². The van der Waals surface area contributed by atoms with Crippen LogP contribution in [-0.2, 0) is 10.2 Å². The van der Waals surface area contributed by atoms with E-state index in [1.54, 1.807) is 0 Å². The zero-order valence-corrected chi connectivity index (χ0v) is 16.3. The van der Waals surface area contributed by atoms with E-state index in [-0.39, 0.29) is 12.7 Å². The minimum absolute atomic E-state index is 0.0255. The van der Waals surface area contributed by atoms with Gasteiger partial charge in [-0.15, -0.1) is 0 Å². The summed E-state index contributed by atoms with van der Waals surface area (Å²) in [5.41, 5.74) is 4.61. The van der Waals surface area contributed by atoms with Crippen molar-refractivity contribution in [2.45, 2.75) is 18.3 Å². The normalized spacial score (nSPS) is 15.9. The van der Waals surface area contributed by atoms with Gasteiger partial charge in [-0.25, -0.2) is 0 Å². The first-order valence-corrected chi connectivity index (χ1v) is 10.1. The Kier molecular flexibility index (Phi) is 3.65. The lowest BCUT2D eigenvalue weighted by atomic mass is 9.94. The van der Waals surface area contributed by atoms with Crippen LogP contribution in [0.5, 0.6) is 11.5 Å². The molecular weight excluding hydrogens is 376 g/mol. The van der Waals surface area contributed by atoms with Gasteiger partial charge in [0.05, 0.1) is 5.41 Å². The van der Waals surface area contributed by atoms with Gasteiger partial charge in [0, 0.05) is 28.4 Å². The largest absolute Gasteiger partial charge is 0.454 e. The molecule has 5 nitrogen and oxygen atoms in total. The number of anilines is 1. The van der Waals surface area contributed by atoms with Crippen molar-refractivity contribution in [1.29, 1.82) is 0 Å². The average Bonchev–Trinajstić information content (AvgIpc) is 3.28. The number of nitrogens with one attached hydrogen (secondary N) is 2. The van der Waals surface area contributed by atoms with Crippen LogP contribution in [0.15, 0.2) is 72.9 Å². The molecule has 1 fully saturated rings. The van der Waals surface area contributed by atoms with E-state index < -0.39 is 5.41 Å². The zero-order valence-electron chi connectivity index (χ0n) is 16.3. The molecule has 5 heteroatoms. The van der Waals surface area contributed by atoms with Crippen molar-refractivity contribution in [3.05, 3.63) is 78.5 Å². The Labute approximate surface area is 173 Å². The minimum Gasteiger partial charge on any atom is -0.454 e. The highest BCUT2D eigenvalue weighted by Gasteiger charge is 2.51. The molecule has 148 valence electrons. The molecule has 1 aromatic heterocycles. The van der Waals surface area contributed by atoms with E-state index in [0.717, 1.165) is 51.9 Å². The molecule has 0 unspecified atom stereocenters. The molecule has 0 spiro atoms. The summed E-state index contributed by atoms with van der Waals surface area (Å²) in [4.78, 5) is 16.6. The maximum absolute atomic E-state index is 13.2. The summed E-state index contributed by atoms with van der Waals surface area (Å²) in [6.45, 7) is 0.235. The van der Waals surface area contributed by atoms with Crippen LogP contribution in [0.3, 0.4) is 0 Å². The van der Waals surface area contributed by atoms with Crippen LogP contribution in [0.25, 0.3) is 22.0 Å². The molecule has 1 aliphatic carbocycles. The van der Waals surface area contributed by atoms with Crippen LogP contribution < -0.4 is 14.8 Å². The number of amides is 1. The monoisotopic (exact) mass is 396 g/mol. The highest BCUT2D eigenvalue weighted by atomic mass is 16.7. The Hall–Kier alpha value is -3.73. The van der Waals surface area contributed by atoms with E-state index in [1.165, 1.54) is 0 Å². The summed E-state index contributed by atoms with van der Waals surface area (Å²) >= 11 is 0. The number of benzene rings is 3. The number of ether oxygens (including phenoxy) is 2. The molecule has 3 aromatic carbocycles. The molecule has 0 saturated heterocycles. The molecule has 0 atom stereocenters. The third kappa shape index (κ3) is 2.66. The van der Waals surface area contributed by atoms with Gasteiger partial charge in [0.15, 0.2) is 11.5 Å². The topological polar surface area (TPSA) is 63.4 Å². The lowest BCUT2D eigenvalue weighted by Gasteiger charge is -2.16. The Morgan fingerprint density at radius 2 is 1.77 bits per heavy atom. The maximum Gasteiger partial charge on any atom is 0.235 e. The van der Waals surface area contributed by atoms with E-state index in [0.29, 0.717) is 5.75 Å². The number of hydrogen-bond acceptors (Lipinski definition) is 3. The van der Waals surface area contributed by atoms with Crippen molar-refractivity contribution in [1.82, 2.24) is 4.98 Å². The van der Waals surface area contributed by atoms with E-state index in [1.807, 2.05) is 60.8 Å². The zero-order chi connectivity index (χ0) is 20.1. The van der Waals surface area contributed by atoms with Gasteiger partial charge in [-0.2, -0.15) is 0 Å². The molecule has 2 aliphatic rings. The van der Waals surface area contributed by atoms with Gasteiger partial charge >= 0.3 is 0 Å². The predicted octanol–water partition coefficient (Wildman–Crippen LogP) is 5.23. The Morgan fingerprint density at radius 3 is 2.60 bits per heavy atom. The van der Waals surface area contributed by atoms with Crippen LogP contribution >= 0.6 is 0 Å². The second kappa shape index (κ2) is 6.39. The molecule has 2 N–H and O–H groups in total. The quantitative estimate of drug-likeness (QED) is 0.496. The first-order valence-electron chi connectivity index (χ1n) is 10.1. The Balaban J connectivity index is 1.31. The Morgan fingerprint density at radius 1 is 0.933 bits per heavy atom. The van der Waals surface area contributed by atoms with E-state index in [4.69, 9.17) is 9.47 Å². The highest BCUT2D eigenvalue weighted by molar-refractivity contribution is 6.04. The van der Waals surface area contributed by atoms with Crippen LogP contribution in [0, 0.1) is 0 Å². The second-order valence-corrected chi connectivity index (χ2v) is 7.93. The standard InChI is InChI=1S/C25H20N2O3/c28-24(25(10-11-25)17-6-9-22-23(12-17)30-15-29-22)27-18-7-8-21-19(13-18)20(14-26-21)16-4-2-1-3-5-16/h1-9,12-14,26H,10-11,15H2,(H,27,28). The van der Waals surface area contributed by atoms with Gasteiger partial charge in [-0.3, -0.25) is 4.79 Å². The van der Waals surface area contributed by atoms with Gasteiger partial charge in [0.2, 0.25) is 12.7 Å². The molecule has 1 saturated carbocycles. The summed E-state index contributed by atoms with van der Waals surface area (Å²) in [6.07, 6.45) is 3.68. The summed E-state index contributed by atoms with van der Waals surface area (Å²) in [5.74, 6) is 1.48. The van der Waals surface area contributed by atoms with Crippen LogP contribution in [0.2, 0.25) is 0 Å². The van der Waals surface area contributed by atoms with Crippen molar-refractivity contribution in [2.75, 3.05) is 12.1 Å². The first-order chi connectivity index (χ1) is 14.7. The van der Waals surface area contributed by atoms with Gasteiger partial charge in [-0.1, -0.05) is 36.4 Å². The van der Waals surface area contributed by atoms with Crippen molar-refractivity contribution in [3.63, 3.8) is 0 Å². The number of fused-ring (bicyclic) bond motifs is 2. The molecule has 1 aliphatic heterocycles. The lowest BCUT2D eigenvalue weighted by molar-refractivity contribution is -0.118. The molecule has 0 radical (unpaired) electrons. The molecule has 2 heterocycles. The van der Waals surface area contributed by atoms with Crippen molar-refractivity contribution in [2.24, 2.45) is 0 Å². The number of aromatic amines is 1. The van der Waals surface area contributed by atoms with Crippen molar-refractivity contribution < 1.29 is 14.3 Å². The second-order valence-electron chi connectivity index (χ2n) is 7.93. The average molecular weight is 396 g/mol. The molecule has 1 amide bonds. The number of carbonyl (C=O) groups is 1. The fourth-order valence-corrected chi connectivity index (χ4v) is 4.27. The molecule has 4 aromatic rings. The van der Waals surface area contributed by atoms with Gasteiger partial charge in [-0.05, 0) is 54.3 Å². The van der Waals surface area contributed by atoms with E-state index in [2.05, 4.69) is 22.4 Å². The number of hydrogen-bond donors (Lipinski definition) is 2. The van der Waals surface area contributed by atoms with Crippen LogP contribution in [0.1, 0.15) is 18.4 Å². The van der Waals surface area contributed by atoms with Crippen LogP contribution in [0.4, 0.5) is 5.69 Å². The Bertz CT molecular complexity index is 1270. The number of rotatable bonds is 4.